The van der Waals surface area contributed by atoms with Crippen LogP contribution in [0.3, 0.4) is 0 Å². The van der Waals surface area contributed by atoms with Crippen molar-refractivity contribution < 1.29 is 34.8 Å². The molecule has 210 valence electrons. The van der Waals surface area contributed by atoms with E-state index in [9.17, 15) is 34.8 Å². The lowest BCUT2D eigenvalue weighted by Crippen LogP contribution is -2.65. The predicted octanol–water partition coefficient (Wildman–Crippen LogP) is 2.38. The summed E-state index contributed by atoms with van der Waals surface area (Å²) in [5.74, 6) is -0.436. The van der Waals surface area contributed by atoms with Crippen LogP contribution < -0.4 is 5.73 Å². The first-order valence-corrected chi connectivity index (χ1v) is 13.7. The minimum absolute atomic E-state index is 0.0609. The van der Waals surface area contributed by atoms with Gasteiger partial charge in [0.05, 0.1) is 17.2 Å². The van der Waals surface area contributed by atoms with Crippen molar-refractivity contribution in [1.29, 1.82) is 0 Å². The van der Waals surface area contributed by atoms with Gasteiger partial charge in [0.1, 0.15) is 22.8 Å². The number of aliphatic hydroxyl groups is 3. The van der Waals surface area contributed by atoms with Gasteiger partial charge in [-0.05, 0) is 87.7 Å². The molecule has 1 amide bonds. The zero-order valence-electron chi connectivity index (χ0n) is 22.9. The molecule has 4 aliphatic carbocycles. The van der Waals surface area contributed by atoms with Gasteiger partial charge in [0.15, 0.2) is 11.4 Å². The number of fused-ring (bicyclic) bond motifs is 3. The van der Waals surface area contributed by atoms with Crippen LogP contribution in [0.5, 0.6) is 5.75 Å². The van der Waals surface area contributed by atoms with Gasteiger partial charge >= 0.3 is 0 Å². The zero-order valence-corrected chi connectivity index (χ0v) is 22.9. The number of hydrogen-bond donors (Lipinski definition) is 5. The molecule has 40 heavy (non-hydrogen) atoms. The van der Waals surface area contributed by atoms with Crippen molar-refractivity contribution in [2.75, 3.05) is 14.1 Å². The number of hydrogen-bond acceptors (Lipinski definition) is 8. The molecule has 0 aliphatic heterocycles. The van der Waals surface area contributed by atoms with Crippen molar-refractivity contribution in [3.8, 4) is 17.6 Å². The summed E-state index contributed by atoms with van der Waals surface area (Å²) in [4.78, 5) is 40.8. The minimum atomic E-state index is -2.65. The number of rotatable bonds is 3. The van der Waals surface area contributed by atoms with E-state index in [4.69, 9.17) is 5.73 Å². The highest BCUT2D eigenvalue weighted by molar-refractivity contribution is 6.24. The number of carbonyl (C=O) groups excluding carboxylic acids is 3. The first kappa shape index (κ1) is 27.7. The second-order valence-corrected chi connectivity index (χ2v) is 11.3. The SMILES string of the molecule is CCc1cc(C#CC2=CCCCC2)c(O)c2c1C[C@@H]1C[C@@H]3[C@@H](N(C)C)C(=O)C(C(N)=O)=C(O)[C@]3(O)C(=O)C1=C2O. The lowest BCUT2D eigenvalue weighted by atomic mass is 9.57. The van der Waals surface area contributed by atoms with Gasteiger partial charge in [0.25, 0.3) is 5.91 Å². The topological polar surface area (TPSA) is 161 Å². The number of nitrogens with zero attached hydrogens (tertiary/aromatic N) is 1. The standard InChI is InChI=1S/C31H34N2O7/c1-4-16-12-17(11-10-15-8-6-5-7-9-15)25(34)22-19(16)13-18-14-20-24(33(2)3)27(36)23(30(32)39)29(38)31(20,40)28(37)21(18)26(22)35/h8,12,18,20,24,34-35,38,40H,4-7,9,13-14H2,1-3H3,(H2,32,39)/t18-,20-,24-,31-/m1/s1. The quantitative estimate of drug-likeness (QED) is 0.285. The molecule has 0 aromatic heterocycles. The van der Waals surface area contributed by atoms with E-state index in [1.165, 1.54) is 4.90 Å². The fraction of sp³-hybridized carbons (Fsp3) is 0.452. The van der Waals surface area contributed by atoms with Gasteiger partial charge in [0, 0.05) is 11.5 Å². The molecule has 0 heterocycles. The first-order valence-electron chi connectivity index (χ1n) is 13.7. The maximum absolute atomic E-state index is 14.0. The molecule has 1 fully saturated rings. The summed E-state index contributed by atoms with van der Waals surface area (Å²) in [6, 6.07) is 0.702. The summed E-state index contributed by atoms with van der Waals surface area (Å²) in [5.41, 5.74) is 4.67. The molecular formula is C31H34N2O7. The number of aryl methyl sites for hydroxylation is 1. The van der Waals surface area contributed by atoms with Crippen molar-refractivity contribution in [2.45, 2.75) is 63.5 Å². The zero-order chi connectivity index (χ0) is 29.1. The number of primary amides is 1. The molecule has 1 aromatic rings. The molecule has 5 rings (SSSR count). The van der Waals surface area contributed by atoms with Gasteiger partial charge in [-0.3, -0.25) is 19.3 Å². The third-order valence-electron chi connectivity index (χ3n) is 8.84. The average Bonchev–Trinajstić information content (AvgIpc) is 2.90. The molecule has 0 unspecified atom stereocenters. The monoisotopic (exact) mass is 546 g/mol. The molecule has 0 radical (unpaired) electrons. The molecule has 1 aromatic carbocycles. The molecule has 1 saturated carbocycles. The molecule has 4 atom stereocenters. The van der Waals surface area contributed by atoms with Crippen LogP contribution in [0.4, 0.5) is 0 Å². The number of phenolic OH excluding ortho intramolecular Hbond substituents is 1. The molecule has 6 N–H and O–H groups in total. The summed E-state index contributed by atoms with van der Waals surface area (Å²) in [6.45, 7) is 1.95. The number of allylic oxidation sites excluding steroid dienone is 2. The average molecular weight is 547 g/mol. The number of phenols is 1. The molecular weight excluding hydrogens is 512 g/mol. The van der Waals surface area contributed by atoms with Crippen molar-refractivity contribution >= 4 is 23.2 Å². The Morgan fingerprint density at radius 1 is 1.18 bits per heavy atom. The van der Waals surface area contributed by atoms with Crippen molar-refractivity contribution in [3.63, 3.8) is 0 Å². The van der Waals surface area contributed by atoms with Crippen LogP contribution in [0.2, 0.25) is 0 Å². The summed E-state index contributed by atoms with van der Waals surface area (Å²) in [7, 11) is 3.15. The van der Waals surface area contributed by atoms with Crippen molar-refractivity contribution in [1.82, 2.24) is 4.90 Å². The lowest BCUT2D eigenvalue weighted by Gasteiger charge is -2.50. The van der Waals surface area contributed by atoms with Gasteiger partial charge in [-0.2, -0.15) is 0 Å². The Bertz CT molecular complexity index is 1500. The van der Waals surface area contributed by atoms with E-state index in [0.29, 0.717) is 17.5 Å². The molecule has 9 nitrogen and oxygen atoms in total. The van der Waals surface area contributed by atoms with Gasteiger partial charge < -0.3 is 26.2 Å². The number of ketones is 2. The van der Waals surface area contributed by atoms with E-state index in [0.717, 1.165) is 36.8 Å². The van der Waals surface area contributed by atoms with E-state index in [1.54, 1.807) is 14.1 Å². The number of likely N-dealkylation sites (N-methyl/N-ethyl adjacent to an activating group) is 1. The van der Waals surface area contributed by atoms with Crippen LogP contribution in [-0.4, -0.2) is 68.5 Å². The number of nitrogens with two attached hydrogens (primary N) is 1. The fourth-order valence-electron chi connectivity index (χ4n) is 6.90. The Hall–Kier alpha value is -3.87. The summed E-state index contributed by atoms with van der Waals surface area (Å²) in [6.07, 6.45) is 7.00. The molecule has 0 saturated heterocycles. The second kappa shape index (κ2) is 9.95. The normalized spacial score (nSPS) is 27.9. The highest BCUT2D eigenvalue weighted by atomic mass is 16.3. The van der Waals surface area contributed by atoms with Crippen LogP contribution in [-0.2, 0) is 27.2 Å². The van der Waals surface area contributed by atoms with Crippen LogP contribution in [0, 0.1) is 23.7 Å². The fourth-order valence-corrected chi connectivity index (χ4v) is 6.90. The number of amides is 1. The van der Waals surface area contributed by atoms with E-state index in [2.05, 4.69) is 17.9 Å². The summed E-state index contributed by atoms with van der Waals surface area (Å²) in [5, 5.41) is 45.5. The highest BCUT2D eigenvalue weighted by Crippen LogP contribution is 2.53. The number of aliphatic hydroxyl groups excluding tert-OH is 2. The van der Waals surface area contributed by atoms with E-state index >= 15 is 0 Å². The van der Waals surface area contributed by atoms with E-state index < -0.39 is 58.0 Å². The van der Waals surface area contributed by atoms with Gasteiger partial charge in [-0.15, -0.1) is 0 Å². The number of carbonyl (C=O) groups is 3. The number of benzene rings is 1. The van der Waals surface area contributed by atoms with E-state index in [1.807, 2.05) is 13.0 Å². The maximum Gasteiger partial charge on any atom is 0.255 e. The second-order valence-electron chi connectivity index (χ2n) is 11.3. The third kappa shape index (κ3) is 3.97. The molecule has 9 heteroatoms. The highest BCUT2D eigenvalue weighted by Gasteiger charge is 2.64. The van der Waals surface area contributed by atoms with Gasteiger partial charge in [-0.1, -0.05) is 24.8 Å². The van der Waals surface area contributed by atoms with Crippen molar-refractivity contribution in [2.24, 2.45) is 17.6 Å². The maximum atomic E-state index is 14.0. The predicted molar refractivity (Wildman–Crippen MR) is 147 cm³/mol. The largest absolute Gasteiger partial charge is 0.508 e. The van der Waals surface area contributed by atoms with Crippen LogP contribution in [0.1, 0.15) is 61.3 Å². The Kier molecular flexibility index (Phi) is 6.89. The van der Waals surface area contributed by atoms with E-state index in [-0.39, 0.29) is 29.7 Å². The summed E-state index contributed by atoms with van der Waals surface area (Å²) < 4.78 is 0. The minimum Gasteiger partial charge on any atom is -0.508 e. The van der Waals surface area contributed by atoms with Gasteiger partial charge in [-0.25, -0.2) is 0 Å². The summed E-state index contributed by atoms with van der Waals surface area (Å²) >= 11 is 0. The smallest absolute Gasteiger partial charge is 0.255 e. The van der Waals surface area contributed by atoms with Crippen LogP contribution in [0.15, 0.2) is 34.6 Å². The van der Waals surface area contributed by atoms with Crippen molar-refractivity contribution in [3.05, 3.63) is 56.9 Å². The Morgan fingerprint density at radius 3 is 2.50 bits per heavy atom. The third-order valence-corrected chi connectivity index (χ3v) is 8.84. The Morgan fingerprint density at radius 2 is 1.90 bits per heavy atom. The number of Topliss-reactive ketones (excluding diaryl/α,β-unsaturated/α-hetero) is 2. The Labute approximate surface area is 232 Å². The van der Waals surface area contributed by atoms with Crippen LogP contribution in [0.25, 0.3) is 5.76 Å². The first-order chi connectivity index (χ1) is 18.9. The molecule has 4 aliphatic rings. The Balaban J connectivity index is 1.69. The van der Waals surface area contributed by atoms with Gasteiger partial charge in [0.2, 0.25) is 5.78 Å². The number of aromatic hydroxyl groups is 1. The molecule has 0 bridgehead atoms. The van der Waals surface area contributed by atoms with Crippen LogP contribution >= 0.6 is 0 Å². The molecule has 0 spiro atoms. The lowest BCUT2D eigenvalue weighted by molar-refractivity contribution is -0.153.